The summed E-state index contributed by atoms with van der Waals surface area (Å²) in [6, 6.07) is 14.5. The number of nitrogens with zero attached hydrogens (tertiary/aromatic N) is 2. The van der Waals surface area contributed by atoms with Gasteiger partial charge in [0.15, 0.2) is 0 Å². The van der Waals surface area contributed by atoms with Gasteiger partial charge >= 0.3 is 0 Å². The van der Waals surface area contributed by atoms with Crippen LogP contribution in [0.25, 0.3) is 11.1 Å². The Balaban J connectivity index is 1.72. The second-order valence-corrected chi connectivity index (χ2v) is 8.54. The number of nitriles is 1. The molecule has 1 heterocycles. The van der Waals surface area contributed by atoms with Crippen LogP contribution in [0.5, 0.6) is 0 Å². The van der Waals surface area contributed by atoms with Crippen molar-refractivity contribution in [3.05, 3.63) is 59.4 Å². The largest absolute Gasteiger partial charge is 0.392 e. The highest BCUT2D eigenvalue weighted by atomic mass is 32.2. The Morgan fingerprint density at radius 2 is 2.00 bits per heavy atom. The standard InChI is InChI=1S/C21H21FN2O2S/c1-14(27(2)25)11-18-13-21(24-26-18)17-7-8-19(20(22)12-17)16-5-3-15(4-6-16)9-10-23/h3-8,12,14,18H,9,11,13H2,1-2H3. The molecule has 4 nitrogen and oxygen atoms in total. The number of halogens is 1. The Labute approximate surface area is 161 Å². The number of oxime groups is 1. The minimum absolute atomic E-state index is 0.0349. The summed E-state index contributed by atoms with van der Waals surface area (Å²) < 4.78 is 26.2. The molecule has 0 aromatic heterocycles. The molecule has 1 aliphatic rings. The molecule has 0 amide bonds. The first-order valence-electron chi connectivity index (χ1n) is 8.79. The lowest BCUT2D eigenvalue weighted by Gasteiger charge is -2.12. The molecule has 27 heavy (non-hydrogen) atoms. The summed E-state index contributed by atoms with van der Waals surface area (Å²) in [5.74, 6) is -0.324. The number of benzene rings is 2. The van der Waals surface area contributed by atoms with Crippen molar-refractivity contribution < 1.29 is 13.4 Å². The van der Waals surface area contributed by atoms with Gasteiger partial charge in [0.25, 0.3) is 0 Å². The van der Waals surface area contributed by atoms with E-state index >= 15 is 0 Å². The van der Waals surface area contributed by atoms with Gasteiger partial charge in [-0.05, 0) is 17.2 Å². The van der Waals surface area contributed by atoms with Gasteiger partial charge in [-0.2, -0.15) is 5.26 Å². The normalized spacial score (nSPS) is 18.3. The molecule has 0 N–H and O–H groups in total. The van der Waals surface area contributed by atoms with Crippen molar-refractivity contribution in [2.75, 3.05) is 6.26 Å². The zero-order valence-electron chi connectivity index (χ0n) is 15.3. The van der Waals surface area contributed by atoms with Gasteiger partial charge in [-0.25, -0.2) is 4.39 Å². The molecule has 0 radical (unpaired) electrons. The van der Waals surface area contributed by atoms with Crippen molar-refractivity contribution in [1.82, 2.24) is 0 Å². The van der Waals surface area contributed by atoms with E-state index in [1.54, 1.807) is 12.3 Å². The molecule has 0 aliphatic carbocycles. The first kappa shape index (κ1) is 19.2. The van der Waals surface area contributed by atoms with E-state index in [-0.39, 0.29) is 17.2 Å². The lowest BCUT2D eigenvalue weighted by atomic mass is 9.98. The molecular weight excluding hydrogens is 363 g/mol. The van der Waals surface area contributed by atoms with E-state index in [1.807, 2.05) is 37.3 Å². The predicted octanol–water partition coefficient (Wildman–Crippen LogP) is 4.21. The maximum Gasteiger partial charge on any atom is 0.134 e. The number of hydrogen-bond donors (Lipinski definition) is 0. The second kappa shape index (κ2) is 8.45. The predicted molar refractivity (Wildman–Crippen MR) is 105 cm³/mol. The molecule has 1 aliphatic heterocycles. The van der Waals surface area contributed by atoms with E-state index in [4.69, 9.17) is 10.1 Å². The van der Waals surface area contributed by atoms with Crippen LogP contribution in [0.2, 0.25) is 0 Å². The SMILES string of the molecule is CC(CC1CC(c2ccc(-c3ccc(CC#N)cc3)c(F)c2)=NO1)S(C)=O. The lowest BCUT2D eigenvalue weighted by Crippen LogP contribution is -2.19. The summed E-state index contributed by atoms with van der Waals surface area (Å²) in [6.07, 6.45) is 3.15. The molecule has 2 aromatic carbocycles. The van der Waals surface area contributed by atoms with Crippen molar-refractivity contribution in [1.29, 1.82) is 5.26 Å². The van der Waals surface area contributed by atoms with Gasteiger partial charge in [0.1, 0.15) is 11.9 Å². The monoisotopic (exact) mass is 384 g/mol. The van der Waals surface area contributed by atoms with Crippen molar-refractivity contribution in [3.63, 3.8) is 0 Å². The van der Waals surface area contributed by atoms with E-state index in [1.165, 1.54) is 6.07 Å². The summed E-state index contributed by atoms with van der Waals surface area (Å²) in [5.41, 5.74) is 3.59. The summed E-state index contributed by atoms with van der Waals surface area (Å²) >= 11 is 0. The van der Waals surface area contributed by atoms with Crippen LogP contribution in [0.4, 0.5) is 4.39 Å². The molecule has 140 valence electrons. The van der Waals surface area contributed by atoms with Gasteiger partial charge in [-0.3, -0.25) is 4.21 Å². The Bertz CT molecular complexity index is 919. The molecule has 3 atom stereocenters. The molecule has 0 bridgehead atoms. The van der Waals surface area contributed by atoms with E-state index in [2.05, 4.69) is 11.2 Å². The molecule has 2 aromatic rings. The van der Waals surface area contributed by atoms with Crippen LogP contribution >= 0.6 is 0 Å². The molecule has 0 saturated carbocycles. The summed E-state index contributed by atoms with van der Waals surface area (Å²) in [5, 5.41) is 12.9. The Morgan fingerprint density at radius 3 is 2.63 bits per heavy atom. The van der Waals surface area contributed by atoms with E-state index in [0.29, 0.717) is 36.1 Å². The summed E-state index contributed by atoms with van der Waals surface area (Å²) in [4.78, 5) is 5.44. The van der Waals surface area contributed by atoms with Crippen LogP contribution in [0.1, 0.15) is 30.9 Å². The van der Waals surface area contributed by atoms with Crippen LogP contribution in [0.15, 0.2) is 47.6 Å². The van der Waals surface area contributed by atoms with E-state index < -0.39 is 10.8 Å². The topological polar surface area (TPSA) is 62.4 Å². The highest BCUT2D eigenvalue weighted by Gasteiger charge is 2.25. The minimum Gasteiger partial charge on any atom is -0.392 e. The minimum atomic E-state index is -0.902. The molecule has 0 spiro atoms. The van der Waals surface area contributed by atoms with Crippen LogP contribution in [-0.2, 0) is 22.1 Å². The highest BCUT2D eigenvalue weighted by molar-refractivity contribution is 7.84. The van der Waals surface area contributed by atoms with E-state index in [0.717, 1.165) is 11.1 Å². The van der Waals surface area contributed by atoms with Gasteiger partial charge in [-0.1, -0.05) is 48.5 Å². The fraction of sp³-hybridized carbons (Fsp3) is 0.333. The lowest BCUT2D eigenvalue weighted by molar-refractivity contribution is 0.0794. The van der Waals surface area contributed by atoms with Gasteiger partial charge in [-0.15, -0.1) is 0 Å². The van der Waals surface area contributed by atoms with Crippen LogP contribution in [0.3, 0.4) is 0 Å². The third-order valence-electron chi connectivity index (χ3n) is 4.74. The first-order chi connectivity index (χ1) is 13.0. The van der Waals surface area contributed by atoms with E-state index in [9.17, 15) is 8.60 Å². The van der Waals surface area contributed by atoms with Gasteiger partial charge in [0, 0.05) is 46.3 Å². The van der Waals surface area contributed by atoms with Crippen LogP contribution < -0.4 is 0 Å². The average Bonchev–Trinajstić information content (AvgIpc) is 3.11. The quantitative estimate of drug-likeness (QED) is 0.749. The molecule has 0 fully saturated rings. The zero-order chi connectivity index (χ0) is 19.4. The highest BCUT2D eigenvalue weighted by Crippen LogP contribution is 2.27. The molecule has 6 heteroatoms. The number of rotatable bonds is 6. The summed E-state index contributed by atoms with van der Waals surface area (Å²) in [7, 11) is -0.902. The average molecular weight is 384 g/mol. The molecular formula is C21H21FN2O2S. The van der Waals surface area contributed by atoms with Gasteiger partial charge in [0.05, 0.1) is 18.2 Å². The number of hydrogen-bond acceptors (Lipinski definition) is 4. The Kier molecular flexibility index (Phi) is 6.02. The third kappa shape index (κ3) is 4.61. The van der Waals surface area contributed by atoms with Crippen molar-refractivity contribution >= 4 is 16.5 Å². The smallest absolute Gasteiger partial charge is 0.134 e. The van der Waals surface area contributed by atoms with Crippen molar-refractivity contribution in [2.24, 2.45) is 5.16 Å². The van der Waals surface area contributed by atoms with Crippen LogP contribution in [0, 0.1) is 17.1 Å². The zero-order valence-corrected chi connectivity index (χ0v) is 16.1. The Morgan fingerprint density at radius 1 is 1.30 bits per heavy atom. The maximum absolute atomic E-state index is 14.7. The first-order valence-corrected chi connectivity index (χ1v) is 10.4. The molecule has 3 rings (SSSR count). The third-order valence-corrected chi connectivity index (χ3v) is 6.07. The van der Waals surface area contributed by atoms with Crippen molar-refractivity contribution in [3.8, 4) is 17.2 Å². The fourth-order valence-corrected chi connectivity index (χ4v) is 3.54. The fourth-order valence-electron chi connectivity index (χ4n) is 3.05. The van der Waals surface area contributed by atoms with Crippen LogP contribution in [-0.4, -0.2) is 27.5 Å². The molecule has 0 saturated heterocycles. The summed E-state index contributed by atoms with van der Waals surface area (Å²) in [6.45, 7) is 1.92. The maximum atomic E-state index is 14.7. The van der Waals surface area contributed by atoms with Crippen molar-refractivity contribution in [2.45, 2.75) is 37.5 Å². The molecule has 3 unspecified atom stereocenters. The van der Waals surface area contributed by atoms with Gasteiger partial charge < -0.3 is 4.84 Å². The van der Waals surface area contributed by atoms with Gasteiger partial charge in [0.2, 0.25) is 0 Å². The Hall–Kier alpha value is -2.52. The second-order valence-electron chi connectivity index (χ2n) is 6.74.